The van der Waals surface area contributed by atoms with Gasteiger partial charge in [0.05, 0.1) is 12.9 Å². The van der Waals surface area contributed by atoms with Gasteiger partial charge < -0.3 is 14.5 Å². The zero-order valence-corrected chi connectivity index (χ0v) is 14.2. The number of carbonyl (C=O) groups is 1. The Hall–Kier alpha value is -2.49. The van der Waals surface area contributed by atoms with E-state index in [1.165, 1.54) is 0 Å². The van der Waals surface area contributed by atoms with E-state index in [9.17, 15) is 4.79 Å². The van der Waals surface area contributed by atoms with Crippen LogP contribution in [-0.4, -0.2) is 19.1 Å². The van der Waals surface area contributed by atoms with Gasteiger partial charge in [-0.05, 0) is 44.9 Å². The molecule has 0 spiro atoms. The van der Waals surface area contributed by atoms with Crippen LogP contribution < -0.4 is 10.1 Å². The molecule has 1 N–H and O–H groups in total. The van der Waals surface area contributed by atoms with Crippen molar-refractivity contribution in [3.05, 3.63) is 47.8 Å². The van der Waals surface area contributed by atoms with Gasteiger partial charge in [-0.25, -0.2) is 0 Å². The third kappa shape index (κ3) is 3.47. The highest BCUT2D eigenvalue weighted by molar-refractivity contribution is 5.98. The number of furan rings is 1. The predicted octanol–water partition coefficient (Wildman–Crippen LogP) is 4.15. The Morgan fingerprint density at radius 3 is 2.83 bits per heavy atom. The molecule has 0 radical (unpaired) electrons. The van der Waals surface area contributed by atoms with Crippen molar-refractivity contribution in [3.8, 4) is 5.75 Å². The number of ether oxygens (including phenoxy) is 1. The molecule has 0 aliphatic rings. The van der Waals surface area contributed by atoms with Crippen LogP contribution >= 0.6 is 0 Å². The van der Waals surface area contributed by atoms with E-state index in [2.05, 4.69) is 11.9 Å². The molecule has 4 heteroatoms. The van der Waals surface area contributed by atoms with Crippen LogP contribution in [0.2, 0.25) is 0 Å². The molecule has 23 heavy (non-hydrogen) atoms. The van der Waals surface area contributed by atoms with Crippen LogP contribution in [0.25, 0.3) is 16.5 Å². The minimum atomic E-state index is -0.147. The van der Waals surface area contributed by atoms with Gasteiger partial charge in [-0.3, -0.25) is 4.79 Å². The van der Waals surface area contributed by atoms with Crippen molar-refractivity contribution >= 4 is 22.4 Å². The first-order valence-corrected chi connectivity index (χ1v) is 7.71. The van der Waals surface area contributed by atoms with Gasteiger partial charge in [0.25, 0.3) is 0 Å². The lowest BCUT2D eigenvalue weighted by Crippen LogP contribution is -2.20. The molecule has 1 amide bonds. The summed E-state index contributed by atoms with van der Waals surface area (Å²) in [7, 11) is 0. The average molecular weight is 313 g/mol. The smallest absolute Gasteiger partial charge is 0.244 e. The highest BCUT2D eigenvalue weighted by Crippen LogP contribution is 2.37. The summed E-state index contributed by atoms with van der Waals surface area (Å²) in [5.74, 6) is 0.617. The molecule has 0 aliphatic carbocycles. The van der Waals surface area contributed by atoms with Gasteiger partial charge in [-0.1, -0.05) is 6.08 Å². The van der Waals surface area contributed by atoms with E-state index in [1.807, 2.05) is 33.8 Å². The second-order valence-corrected chi connectivity index (χ2v) is 5.47. The summed E-state index contributed by atoms with van der Waals surface area (Å²) in [6.45, 7) is 12.4. The molecule has 0 aliphatic heterocycles. The maximum atomic E-state index is 11.9. The molecule has 0 bridgehead atoms. The van der Waals surface area contributed by atoms with E-state index in [4.69, 9.17) is 9.15 Å². The standard InChI is InChI=1S/C19H23NO3/c1-6-8-20-17(21)9-12(3)15-10-16-13(4)11-23-19(16)14(5)18(15)22-7-2/h6,9-11H,1,7-8H2,2-5H3,(H,20,21)/b12-9+. The summed E-state index contributed by atoms with van der Waals surface area (Å²) in [4.78, 5) is 11.9. The number of rotatable bonds is 6. The molecule has 122 valence electrons. The molecule has 1 heterocycles. The monoisotopic (exact) mass is 313 g/mol. The predicted molar refractivity (Wildman–Crippen MR) is 93.7 cm³/mol. The Bertz CT molecular complexity index is 769. The molecule has 0 atom stereocenters. The number of amides is 1. The first-order chi connectivity index (χ1) is 11.0. The summed E-state index contributed by atoms with van der Waals surface area (Å²) < 4.78 is 11.5. The first-order valence-electron chi connectivity index (χ1n) is 7.71. The molecule has 1 aromatic carbocycles. The summed E-state index contributed by atoms with van der Waals surface area (Å²) in [6, 6.07) is 2.03. The van der Waals surface area contributed by atoms with E-state index in [0.29, 0.717) is 13.2 Å². The molecular weight excluding hydrogens is 290 g/mol. The number of benzene rings is 1. The first kappa shape index (κ1) is 16.9. The Kier molecular flexibility index (Phi) is 5.27. The Morgan fingerprint density at radius 1 is 1.43 bits per heavy atom. The highest BCUT2D eigenvalue weighted by atomic mass is 16.5. The number of carbonyl (C=O) groups excluding carboxylic acids is 1. The lowest BCUT2D eigenvalue weighted by atomic mass is 9.98. The molecule has 0 saturated heterocycles. The molecule has 0 fully saturated rings. The molecule has 2 rings (SSSR count). The number of hydrogen-bond donors (Lipinski definition) is 1. The van der Waals surface area contributed by atoms with Crippen LogP contribution in [0.5, 0.6) is 5.75 Å². The van der Waals surface area contributed by atoms with E-state index >= 15 is 0 Å². The van der Waals surface area contributed by atoms with Crippen LogP contribution in [0.1, 0.15) is 30.5 Å². The number of allylic oxidation sites excluding steroid dienone is 1. The van der Waals surface area contributed by atoms with Crippen molar-refractivity contribution in [3.63, 3.8) is 0 Å². The summed E-state index contributed by atoms with van der Waals surface area (Å²) in [5, 5.41) is 3.79. The molecule has 4 nitrogen and oxygen atoms in total. The minimum absolute atomic E-state index is 0.147. The minimum Gasteiger partial charge on any atom is -0.493 e. The topological polar surface area (TPSA) is 51.5 Å². The fourth-order valence-corrected chi connectivity index (χ4v) is 2.56. The summed E-state index contributed by atoms with van der Waals surface area (Å²) in [6.07, 6.45) is 4.98. The summed E-state index contributed by atoms with van der Waals surface area (Å²) in [5.41, 5.74) is 4.61. The van der Waals surface area contributed by atoms with Crippen molar-refractivity contribution in [2.45, 2.75) is 27.7 Å². The highest BCUT2D eigenvalue weighted by Gasteiger charge is 2.17. The van der Waals surface area contributed by atoms with Gasteiger partial charge in [0, 0.05) is 29.1 Å². The number of fused-ring (bicyclic) bond motifs is 1. The fraction of sp³-hybridized carbons (Fsp3) is 0.316. The Morgan fingerprint density at radius 2 is 2.17 bits per heavy atom. The van der Waals surface area contributed by atoms with Crippen molar-refractivity contribution in [1.82, 2.24) is 5.32 Å². The van der Waals surface area contributed by atoms with Crippen molar-refractivity contribution in [2.75, 3.05) is 13.2 Å². The molecule has 0 saturated carbocycles. The van der Waals surface area contributed by atoms with Crippen molar-refractivity contribution in [2.24, 2.45) is 0 Å². The Labute approximate surface area is 136 Å². The van der Waals surface area contributed by atoms with Crippen LogP contribution in [0, 0.1) is 13.8 Å². The third-order valence-electron chi connectivity index (χ3n) is 3.72. The van der Waals surface area contributed by atoms with Crippen LogP contribution in [0.15, 0.2) is 35.5 Å². The van der Waals surface area contributed by atoms with Gasteiger partial charge in [0.2, 0.25) is 5.91 Å². The largest absolute Gasteiger partial charge is 0.493 e. The molecular formula is C19H23NO3. The molecule has 1 aromatic heterocycles. The summed E-state index contributed by atoms with van der Waals surface area (Å²) >= 11 is 0. The fourth-order valence-electron chi connectivity index (χ4n) is 2.56. The zero-order valence-electron chi connectivity index (χ0n) is 14.2. The third-order valence-corrected chi connectivity index (χ3v) is 3.72. The van der Waals surface area contributed by atoms with Gasteiger partial charge in [-0.2, -0.15) is 0 Å². The van der Waals surface area contributed by atoms with Gasteiger partial charge >= 0.3 is 0 Å². The van der Waals surface area contributed by atoms with Crippen LogP contribution in [0.3, 0.4) is 0 Å². The van der Waals surface area contributed by atoms with Crippen LogP contribution in [-0.2, 0) is 4.79 Å². The van der Waals surface area contributed by atoms with Crippen LogP contribution in [0.4, 0.5) is 0 Å². The Balaban J connectivity index is 2.54. The van der Waals surface area contributed by atoms with E-state index in [1.54, 1.807) is 18.4 Å². The second kappa shape index (κ2) is 7.18. The SMILES string of the molecule is C=CCNC(=O)/C=C(\C)c1cc2c(C)coc2c(C)c1OCC. The second-order valence-electron chi connectivity index (χ2n) is 5.47. The maximum Gasteiger partial charge on any atom is 0.244 e. The normalized spacial score (nSPS) is 11.6. The zero-order chi connectivity index (χ0) is 17.0. The number of nitrogens with one attached hydrogen (secondary N) is 1. The number of hydrogen-bond acceptors (Lipinski definition) is 3. The van der Waals surface area contributed by atoms with E-state index in [0.717, 1.165) is 39.0 Å². The van der Waals surface area contributed by atoms with Crippen molar-refractivity contribution < 1.29 is 13.9 Å². The lowest BCUT2D eigenvalue weighted by molar-refractivity contribution is -0.116. The number of aryl methyl sites for hydroxylation is 2. The lowest BCUT2D eigenvalue weighted by Gasteiger charge is -2.14. The molecule has 2 aromatic rings. The van der Waals surface area contributed by atoms with Gasteiger partial charge in [-0.15, -0.1) is 6.58 Å². The van der Waals surface area contributed by atoms with Crippen molar-refractivity contribution in [1.29, 1.82) is 0 Å². The average Bonchev–Trinajstić information content (AvgIpc) is 2.89. The van der Waals surface area contributed by atoms with E-state index in [-0.39, 0.29) is 5.91 Å². The van der Waals surface area contributed by atoms with Gasteiger partial charge in [0.1, 0.15) is 11.3 Å². The van der Waals surface area contributed by atoms with Gasteiger partial charge in [0.15, 0.2) is 0 Å². The molecule has 0 unspecified atom stereocenters. The quantitative estimate of drug-likeness (QED) is 0.644. The van der Waals surface area contributed by atoms with E-state index < -0.39 is 0 Å². The maximum absolute atomic E-state index is 11.9.